The number of fused-ring (bicyclic) bond motifs is 5. The first-order valence-electron chi connectivity index (χ1n) is 17.0. The fraction of sp³-hybridized carbons (Fsp3) is 0.395. The highest BCUT2D eigenvalue weighted by molar-refractivity contribution is 6.37. The number of benzene rings is 3. The van der Waals surface area contributed by atoms with Crippen molar-refractivity contribution in [3.05, 3.63) is 65.1 Å². The van der Waals surface area contributed by atoms with E-state index in [0.29, 0.717) is 63.3 Å². The molecule has 9 rings (SSSR count). The number of likely N-dealkylation sites (N-methyl/N-ethyl adjacent to an activating group) is 1. The van der Waals surface area contributed by atoms with Crippen LogP contribution >= 0.6 is 11.6 Å². The van der Waals surface area contributed by atoms with Crippen molar-refractivity contribution in [1.29, 1.82) is 5.26 Å². The first kappa shape index (κ1) is 32.6. The molecule has 12 heteroatoms. The second-order valence-electron chi connectivity index (χ2n) is 13.6. The molecule has 4 unspecified atom stereocenters. The zero-order chi connectivity index (χ0) is 34.7. The Hall–Kier alpha value is -4.63. The van der Waals surface area contributed by atoms with Gasteiger partial charge in [-0.15, -0.1) is 0 Å². The number of hydrogen-bond donors (Lipinski definition) is 1. The fourth-order valence-electron chi connectivity index (χ4n) is 8.42. The van der Waals surface area contributed by atoms with Crippen molar-refractivity contribution in [1.82, 2.24) is 19.4 Å². The number of carboxylic acid groups (broad SMARTS) is 1. The maximum absolute atomic E-state index is 17.6. The molecule has 0 radical (unpaired) electrons. The Labute approximate surface area is 293 Å². The van der Waals surface area contributed by atoms with Crippen molar-refractivity contribution < 1.29 is 28.5 Å². The molecule has 10 nitrogen and oxygen atoms in total. The number of hydrogen-bond acceptors (Lipinski definition) is 7. The maximum atomic E-state index is 17.6. The van der Waals surface area contributed by atoms with E-state index in [2.05, 4.69) is 18.0 Å². The minimum Gasteiger partial charge on any atom is -0.475 e. The third-order valence-corrected chi connectivity index (χ3v) is 11.1. The molecule has 4 aliphatic rings. The molecule has 0 spiro atoms. The minimum absolute atomic E-state index is 0.0237. The van der Waals surface area contributed by atoms with Gasteiger partial charge in [0.1, 0.15) is 17.9 Å². The van der Waals surface area contributed by atoms with E-state index in [-0.39, 0.29) is 48.7 Å². The van der Waals surface area contributed by atoms with Gasteiger partial charge in [0.15, 0.2) is 12.6 Å². The van der Waals surface area contributed by atoms with Crippen LogP contribution in [-0.2, 0) is 11.2 Å². The summed E-state index contributed by atoms with van der Waals surface area (Å²) in [6.45, 7) is 1.80. The van der Waals surface area contributed by atoms with Gasteiger partial charge in [-0.25, -0.2) is 14.2 Å². The SMILES string of the molecule is COCOc1cc(-c2c(CCC#N)cc3c(nc(OCC4CCCN4C)c4c(Cl)cn(C5C6CC5N(C(=O)O)C6)c43)c2F)c2ccccc2c1. The van der Waals surface area contributed by atoms with Crippen LogP contribution in [0, 0.1) is 23.1 Å². The number of aromatic nitrogens is 2. The van der Waals surface area contributed by atoms with Gasteiger partial charge in [0.25, 0.3) is 0 Å². The summed E-state index contributed by atoms with van der Waals surface area (Å²) >= 11 is 7.02. The lowest BCUT2D eigenvalue weighted by atomic mass is 9.79. The van der Waals surface area contributed by atoms with Crippen molar-refractivity contribution in [3.8, 4) is 28.8 Å². The molecule has 258 valence electrons. The fourth-order valence-corrected chi connectivity index (χ4v) is 8.69. The number of ether oxygens (including phenoxy) is 3. The largest absolute Gasteiger partial charge is 0.475 e. The summed E-state index contributed by atoms with van der Waals surface area (Å²) in [5.74, 6) is 0.325. The van der Waals surface area contributed by atoms with E-state index in [0.717, 1.165) is 36.6 Å². The van der Waals surface area contributed by atoms with E-state index in [4.69, 9.17) is 30.8 Å². The summed E-state index contributed by atoms with van der Waals surface area (Å²) in [4.78, 5) is 20.7. The van der Waals surface area contributed by atoms with Gasteiger partial charge in [0.2, 0.25) is 5.88 Å². The summed E-state index contributed by atoms with van der Waals surface area (Å²) in [5, 5.41) is 22.8. The number of carbonyl (C=O) groups is 1. The van der Waals surface area contributed by atoms with E-state index in [1.165, 1.54) is 12.0 Å². The number of rotatable bonds is 10. The molecule has 5 aromatic rings. The zero-order valence-corrected chi connectivity index (χ0v) is 28.6. The van der Waals surface area contributed by atoms with E-state index < -0.39 is 11.9 Å². The molecule has 2 aromatic heterocycles. The summed E-state index contributed by atoms with van der Waals surface area (Å²) in [5.41, 5.74) is 2.37. The van der Waals surface area contributed by atoms with E-state index >= 15 is 4.39 Å². The summed E-state index contributed by atoms with van der Waals surface area (Å²) in [6.07, 6.45) is 4.14. The Bertz CT molecular complexity index is 2200. The Balaban J connectivity index is 1.39. The molecular formula is C38H37ClFN5O5. The van der Waals surface area contributed by atoms with Crippen LogP contribution in [-0.4, -0.2) is 83.3 Å². The van der Waals surface area contributed by atoms with Gasteiger partial charge in [-0.3, -0.25) is 0 Å². The highest BCUT2D eigenvalue weighted by atomic mass is 35.5. The van der Waals surface area contributed by atoms with Gasteiger partial charge in [-0.05, 0) is 79.4 Å². The van der Waals surface area contributed by atoms with Crippen molar-refractivity contribution >= 4 is 50.3 Å². The number of nitriles is 1. The molecule has 4 atom stereocenters. The summed E-state index contributed by atoms with van der Waals surface area (Å²) in [6, 6.07) is 15.4. The molecule has 5 heterocycles. The number of nitrogens with zero attached hydrogens (tertiary/aromatic N) is 5. The highest BCUT2D eigenvalue weighted by Crippen LogP contribution is 2.53. The predicted molar refractivity (Wildman–Crippen MR) is 188 cm³/mol. The number of methoxy groups -OCH3 is 1. The van der Waals surface area contributed by atoms with Crippen LogP contribution in [0.4, 0.5) is 9.18 Å². The third kappa shape index (κ3) is 5.29. The van der Waals surface area contributed by atoms with Crippen molar-refractivity contribution in [3.63, 3.8) is 0 Å². The molecule has 50 heavy (non-hydrogen) atoms. The van der Waals surface area contributed by atoms with Crippen LogP contribution in [0.25, 0.3) is 43.7 Å². The first-order chi connectivity index (χ1) is 24.3. The normalized spacial score (nSPS) is 21.6. The summed E-state index contributed by atoms with van der Waals surface area (Å²) in [7, 11) is 3.61. The van der Waals surface area contributed by atoms with E-state index in [9.17, 15) is 15.2 Å². The smallest absolute Gasteiger partial charge is 0.407 e. The lowest BCUT2D eigenvalue weighted by Gasteiger charge is -2.37. The Kier molecular flexibility index (Phi) is 8.42. The third-order valence-electron chi connectivity index (χ3n) is 10.8. The zero-order valence-electron chi connectivity index (χ0n) is 27.9. The highest BCUT2D eigenvalue weighted by Gasteiger charge is 2.55. The van der Waals surface area contributed by atoms with E-state index in [1.54, 1.807) is 6.07 Å². The molecule has 3 saturated heterocycles. The van der Waals surface area contributed by atoms with Crippen molar-refractivity contribution in [2.75, 3.05) is 40.6 Å². The Morgan fingerprint density at radius 3 is 2.78 bits per heavy atom. The van der Waals surface area contributed by atoms with Crippen LogP contribution in [0.2, 0.25) is 5.02 Å². The van der Waals surface area contributed by atoms with Crippen LogP contribution in [0.1, 0.15) is 37.3 Å². The molecular weight excluding hydrogens is 661 g/mol. The molecule has 3 aliphatic heterocycles. The lowest BCUT2D eigenvalue weighted by molar-refractivity contribution is 0.0512. The number of aryl methyl sites for hydroxylation is 1. The number of halogens is 2. The quantitative estimate of drug-likeness (QED) is 0.148. The van der Waals surface area contributed by atoms with Crippen LogP contribution in [0.15, 0.2) is 48.7 Å². The average Bonchev–Trinajstić information content (AvgIpc) is 3.89. The molecule has 1 saturated carbocycles. The van der Waals surface area contributed by atoms with Gasteiger partial charge >= 0.3 is 6.09 Å². The van der Waals surface area contributed by atoms with Gasteiger partial charge in [-0.1, -0.05) is 35.9 Å². The molecule has 1 N–H and O–H groups in total. The van der Waals surface area contributed by atoms with E-state index in [1.807, 2.05) is 47.2 Å². The standard InChI is InChI=1S/C38H37ClFN5O5/c1-43-12-6-9-24(43)19-49-37-32-29(39)18-45(35-23-15-30(35)44(17-23)38(46)47)36(32)28-14-22(8-5-11-41)31(33(40)34(28)42-37)27-16-25(50-20-48-2)13-21-7-3-4-10-26(21)27/h3-4,7,10,13-14,16,18,23-24,30,35H,5-6,8-9,12,15,17,19-20H2,1-2H3,(H,46,47). The monoisotopic (exact) mass is 697 g/mol. The molecule has 4 fully saturated rings. The number of amides is 1. The van der Waals surface area contributed by atoms with Gasteiger partial charge in [0.05, 0.1) is 34.1 Å². The topological polar surface area (TPSA) is 113 Å². The average molecular weight is 698 g/mol. The maximum Gasteiger partial charge on any atom is 0.407 e. The lowest BCUT2D eigenvalue weighted by Crippen LogP contribution is -2.41. The molecule has 3 aromatic carbocycles. The first-order valence-corrected chi connectivity index (χ1v) is 17.4. The molecule has 1 aliphatic carbocycles. The van der Waals surface area contributed by atoms with Gasteiger partial charge in [0, 0.05) is 49.2 Å². The van der Waals surface area contributed by atoms with Crippen LogP contribution in [0.3, 0.4) is 0 Å². The predicted octanol–water partition coefficient (Wildman–Crippen LogP) is 7.64. The Morgan fingerprint density at radius 2 is 2.04 bits per heavy atom. The minimum atomic E-state index is -0.947. The van der Waals surface area contributed by atoms with Crippen molar-refractivity contribution in [2.45, 2.75) is 50.2 Å². The van der Waals surface area contributed by atoms with Crippen LogP contribution < -0.4 is 9.47 Å². The second-order valence-corrected chi connectivity index (χ2v) is 14.0. The van der Waals surface area contributed by atoms with Crippen molar-refractivity contribution in [2.24, 2.45) is 5.92 Å². The van der Waals surface area contributed by atoms with Gasteiger partial charge < -0.3 is 33.7 Å². The van der Waals surface area contributed by atoms with Crippen LogP contribution in [0.5, 0.6) is 11.6 Å². The molecule has 2 bridgehead atoms. The Morgan fingerprint density at radius 1 is 1.20 bits per heavy atom. The van der Waals surface area contributed by atoms with Gasteiger partial charge in [-0.2, -0.15) is 5.26 Å². The number of likely N-dealkylation sites (tertiary alicyclic amines) is 1. The summed E-state index contributed by atoms with van der Waals surface area (Å²) < 4.78 is 37.1. The second kappa shape index (κ2) is 12.9. The number of pyridine rings is 1. The molecule has 1 amide bonds.